The topological polar surface area (TPSA) is 18.5 Å². The van der Waals surface area contributed by atoms with Gasteiger partial charge >= 0.3 is 0 Å². The highest BCUT2D eigenvalue weighted by atomic mass is 16.5. The van der Waals surface area contributed by atoms with E-state index in [0.717, 1.165) is 23.7 Å². The summed E-state index contributed by atoms with van der Waals surface area (Å²) in [6, 6.07) is 0. The average Bonchev–Trinajstić information content (AvgIpc) is 2.63. The van der Waals surface area contributed by atoms with Gasteiger partial charge in [0.05, 0.1) is 11.2 Å². The Morgan fingerprint density at radius 2 is 0.964 bits per heavy atom. The number of hydrogen-bond acceptors (Lipinski definition) is 2. The maximum Gasteiger partial charge on any atom is 0.108 e. The van der Waals surface area contributed by atoms with Crippen molar-refractivity contribution in [3.63, 3.8) is 0 Å². The molecule has 8 bridgehead atoms. The number of terminal acetylenes is 2. The lowest BCUT2D eigenvalue weighted by Crippen LogP contribution is -2.68. The molecule has 8 rings (SSSR count). The second kappa shape index (κ2) is 5.80. The summed E-state index contributed by atoms with van der Waals surface area (Å²) in [5.41, 5.74) is 1.08. The lowest BCUT2D eigenvalue weighted by molar-refractivity contribution is -0.277. The number of rotatable bonds is 5. The smallest absolute Gasteiger partial charge is 0.108 e. The Labute approximate surface area is 170 Å². The Morgan fingerprint density at radius 1 is 0.607 bits per heavy atom. The van der Waals surface area contributed by atoms with Gasteiger partial charge in [-0.1, -0.05) is 11.8 Å². The predicted octanol–water partition coefficient (Wildman–Crippen LogP) is 4.96. The van der Waals surface area contributed by atoms with E-state index >= 15 is 0 Å². The molecule has 4 atom stereocenters. The van der Waals surface area contributed by atoms with Crippen LogP contribution in [0.2, 0.25) is 0 Å². The molecule has 0 amide bonds. The standard InChI is InChI=1S/C26H34O2/c1-3-5-27-25-13-19-7-20(14-25)10-23(9-19,17-25)24-11-21-8-22(12-24)16-26(15-21,18-24)28-6-4-2/h1-2,19-22H,5-18H2. The summed E-state index contributed by atoms with van der Waals surface area (Å²) in [6.45, 7) is 0.978. The molecule has 0 radical (unpaired) electrons. The molecule has 8 saturated carbocycles. The first-order chi connectivity index (χ1) is 13.5. The van der Waals surface area contributed by atoms with E-state index in [-0.39, 0.29) is 11.2 Å². The Hall–Kier alpha value is -0.960. The second-order valence-electron chi connectivity index (χ2n) is 11.8. The first-order valence-electron chi connectivity index (χ1n) is 11.7. The Morgan fingerprint density at radius 3 is 1.29 bits per heavy atom. The van der Waals surface area contributed by atoms with Crippen molar-refractivity contribution < 1.29 is 9.47 Å². The van der Waals surface area contributed by atoms with Crippen LogP contribution in [-0.2, 0) is 9.47 Å². The molecule has 0 aromatic carbocycles. The molecule has 28 heavy (non-hydrogen) atoms. The largest absolute Gasteiger partial charge is 0.362 e. The first kappa shape index (κ1) is 17.9. The minimum absolute atomic E-state index is 0.0760. The molecule has 0 saturated heterocycles. The van der Waals surface area contributed by atoms with Gasteiger partial charge in [-0.15, -0.1) is 12.8 Å². The minimum Gasteiger partial charge on any atom is -0.362 e. The van der Waals surface area contributed by atoms with E-state index in [2.05, 4.69) is 11.8 Å². The first-order valence-corrected chi connectivity index (χ1v) is 11.7. The van der Waals surface area contributed by atoms with Crippen molar-refractivity contribution in [2.75, 3.05) is 13.2 Å². The maximum absolute atomic E-state index is 6.48. The van der Waals surface area contributed by atoms with Crippen LogP contribution in [0.4, 0.5) is 0 Å². The van der Waals surface area contributed by atoms with Gasteiger partial charge in [0.25, 0.3) is 0 Å². The molecule has 4 unspecified atom stereocenters. The Kier molecular flexibility index (Phi) is 3.70. The third-order valence-corrected chi connectivity index (χ3v) is 10.1. The van der Waals surface area contributed by atoms with E-state index in [0.29, 0.717) is 24.0 Å². The van der Waals surface area contributed by atoms with E-state index < -0.39 is 0 Å². The fourth-order valence-corrected chi connectivity index (χ4v) is 10.3. The van der Waals surface area contributed by atoms with E-state index in [1.54, 1.807) is 0 Å². The summed E-state index contributed by atoms with van der Waals surface area (Å²) in [5.74, 6) is 8.94. The summed E-state index contributed by atoms with van der Waals surface area (Å²) in [7, 11) is 0. The van der Waals surface area contributed by atoms with Crippen molar-refractivity contribution in [1.29, 1.82) is 0 Å². The van der Waals surface area contributed by atoms with Crippen LogP contribution in [0.1, 0.15) is 77.0 Å². The van der Waals surface area contributed by atoms with Crippen LogP contribution in [0.3, 0.4) is 0 Å². The highest BCUT2D eigenvalue weighted by Gasteiger charge is 2.70. The van der Waals surface area contributed by atoms with Gasteiger partial charge in [-0.05, 0) is 112 Å². The zero-order valence-corrected chi connectivity index (χ0v) is 17.2. The highest BCUT2D eigenvalue weighted by molar-refractivity contribution is 5.21. The highest BCUT2D eigenvalue weighted by Crippen LogP contribution is 2.76. The van der Waals surface area contributed by atoms with Gasteiger partial charge < -0.3 is 9.47 Å². The molecule has 0 N–H and O–H groups in total. The molecule has 8 fully saturated rings. The van der Waals surface area contributed by atoms with Crippen LogP contribution in [-0.4, -0.2) is 24.4 Å². The van der Waals surface area contributed by atoms with Crippen molar-refractivity contribution in [2.24, 2.45) is 34.5 Å². The van der Waals surface area contributed by atoms with Crippen LogP contribution >= 0.6 is 0 Å². The molecule has 2 nitrogen and oxygen atoms in total. The average molecular weight is 379 g/mol. The second-order valence-corrected chi connectivity index (χ2v) is 11.8. The molecule has 0 heterocycles. The molecule has 0 spiro atoms. The van der Waals surface area contributed by atoms with Crippen molar-refractivity contribution in [3.8, 4) is 24.7 Å². The molecule has 0 aliphatic heterocycles. The van der Waals surface area contributed by atoms with E-state index in [1.807, 2.05) is 0 Å². The number of ether oxygens (including phenoxy) is 2. The summed E-state index contributed by atoms with van der Waals surface area (Å²) in [4.78, 5) is 0. The summed E-state index contributed by atoms with van der Waals surface area (Å²) < 4.78 is 13.0. The fraction of sp³-hybridized carbons (Fsp3) is 0.846. The molecule has 150 valence electrons. The molecular weight excluding hydrogens is 344 g/mol. The molecule has 8 aliphatic rings. The van der Waals surface area contributed by atoms with Gasteiger partial charge in [-0.25, -0.2) is 0 Å². The third kappa shape index (κ3) is 2.38. The maximum atomic E-state index is 6.48. The van der Waals surface area contributed by atoms with Gasteiger partial charge in [-0.3, -0.25) is 0 Å². The molecule has 2 heteroatoms. The van der Waals surface area contributed by atoms with Crippen molar-refractivity contribution in [3.05, 3.63) is 0 Å². The summed E-state index contributed by atoms with van der Waals surface area (Å²) >= 11 is 0. The third-order valence-electron chi connectivity index (χ3n) is 10.1. The lowest BCUT2D eigenvalue weighted by atomic mass is 9.34. The van der Waals surface area contributed by atoms with E-state index in [9.17, 15) is 0 Å². The predicted molar refractivity (Wildman–Crippen MR) is 109 cm³/mol. The Balaban J connectivity index is 1.37. The van der Waals surface area contributed by atoms with Gasteiger partial charge in [0.1, 0.15) is 13.2 Å². The van der Waals surface area contributed by atoms with Crippen LogP contribution in [0.15, 0.2) is 0 Å². The summed E-state index contributed by atoms with van der Waals surface area (Å²) in [5, 5.41) is 0. The zero-order chi connectivity index (χ0) is 19.0. The van der Waals surface area contributed by atoms with Gasteiger partial charge in [-0.2, -0.15) is 0 Å². The van der Waals surface area contributed by atoms with E-state index in [4.69, 9.17) is 22.3 Å². The molecule has 0 aromatic heterocycles. The van der Waals surface area contributed by atoms with Crippen molar-refractivity contribution in [1.82, 2.24) is 0 Å². The SMILES string of the molecule is C#CCOC12CC3CC(C1)CC(C14CC5CC(CC(OCC#C)(C5)C1)C4)(C3)C2. The van der Waals surface area contributed by atoms with Crippen LogP contribution in [0, 0.1) is 59.2 Å². The van der Waals surface area contributed by atoms with Crippen LogP contribution in [0.25, 0.3) is 0 Å². The number of hydrogen-bond donors (Lipinski definition) is 0. The molecular formula is C26H34O2. The monoisotopic (exact) mass is 378 g/mol. The lowest BCUT2D eigenvalue weighted by Gasteiger charge is -2.73. The van der Waals surface area contributed by atoms with Gasteiger partial charge in [0, 0.05) is 0 Å². The normalized spacial score (nSPS) is 55.2. The van der Waals surface area contributed by atoms with Crippen molar-refractivity contribution in [2.45, 2.75) is 88.3 Å². The molecule has 0 aromatic rings. The minimum atomic E-state index is 0.0760. The van der Waals surface area contributed by atoms with Crippen LogP contribution < -0.4 is 0 Å². The van der Waals surface area contributed by atoms with E-state index in [1.165, 1.54) is 77.0 Å². The summed E-state index contributed by atoms with van der Waals surface area (Å²) in [6.07, 6.45) is 27.4. The zero-order valence-electron chi connectivity index (χ0n) is 17.2. The molecule has 8 aliphatic carbocycles. The quantitative estimate of drug-likeness (QED) is 0.629. The van der Waals surface area contributed by atoms with Gasteiger partial charge in [0.15, 0.2) is 0 Å². The fourth-order valence-electron chi connectivity index (χ4n) is 10.3. The Bertz CT molecular complexity index is 659. The van der Waals surface area contributed by atoms with Crippen molar-refractivity contribution >= 4 is 0 Å². The van der Waals surface area contributed by atoms with Gasteiger partial charge in [0.2, 0.25) is 0 Å². The van der Waals surface area contributed by atoms with Crippen LogP contribution in [0.5, 0.6) is 0 Å².